The van der Waals surface area contributed by atoms with Crippen LogP contribution in [0.5, 0.6) is 5.75 Å². The minimum Gasteiger partial charge on any atom is -0.497 e. The number of primary amides is 1. The number of hydrogen-bond donors (Lipinski definition) is 3. The first-order valence-corrected chi connectivity index (χ1v) is 11.4. The van der Waals surface area contributed by atoms with Crippen molar-refractivity contribution < 1.29 is 9.53 Å². The number of fused-ring (bicyclic) bond motifs is 1. The largest absolute Gasteiger partial charge is 0.497 e. The number of nitrogens with one attached hydrogen (secondary N) is 2. The van der Waals surface area contributed by atoms with Gasteiger partial charge in [0, 0.05) is 39.7 Å². The third-order valence-electron chi connectivity index (χ3n) is 5.26. The monoisotopic (exact) mass is 458 g/mol. The number of ether oxygens (including phenoxy) is 1. The van der Waals surface area contributed by atoms with E-state index in [2.05, 4.69) is 52.0 Å². The first kappa shape index (κ1) is 22.6. The van der Waals surface area contributed by atoms with E-state index in [0.717, 1.165) is 38.5 Å². The van der Waals surface area contributed by atoms with E-state index in [0.29, 0.717) is 17.0 Å². The predicted molar refractivity (Wildman–Crippen MR) is 135 cm³/mol. The van der Waals surface area contributed by atoms with Crippen LogP contribution in [-0.4, -0.2) is 25.0 Å². The SMILES string of the molecule is CNCc1cccc(Sc2cc(C)c3ncc(C(N)=O)c(Nc4cccc(OC)c4)c3c2)c1. The summed E-state index contributed by atoms with van der Waals surface area (Å²) >= 11 is 1.67. The molecule has 0 aliphatic rings. The summed E-state index contributed by atoms with van der Waals surface area (Å²) in [5.74, 6) is 0.179. The standard InChI is InChI=1S/C26H26N4O2S/c1-16-10-21(33-20-9-4-6-17(11-20)14-28-2)13-22-24(16)29-15-23(26(27)31)25(22)30-18-7-5-8-19(12-18)32-3/h4-13,15,28H,14H2,1-3H3,(H2,27,31)(H,29,30). The van der Waals surface area contributed by atoms with Gasteiger partial charge in [-0.25, -0.2) is 0 Å². The summed E-state index contributed by atoms with van der Waals surface area (Å²) in [6.45, 7) is 2.84. The molecule has 0 bridgehead atoms. The number of carbonyl (C=O) groups is 1. The lowest BCUT2D eigenvalue weighted by molar-refractivity contribution is 0.100. The zero-order chi connectivity index (χ0) is 23.4. The van der Waals surface area contributed by atoms with Gasteiger partial charge in [-0.2, -0.15) is 0 Å². The molecule has 4 aromatic rings. The molecule has 0 spiro atoms. The molecule has 0 fully saturated rings. The molecule has 3 aromatic carbocycles. The van der Waals surface area contributed by atoms with Crippen molar-refractivity contribution in [2.45, 2.75) is 23.3 Å². The van der Waals surface area contributed by atoms with Crippen LogP contribution in [0.15, 0.2) is 76.7 Å². The third-order valence-corrected chi connectivity index (χ3v) is 6.22. The van der Waals surface area contributed by atoms with E-state index in [4.69, 9.17) is 10.5 Å². The number of methoxy groups -OCH3 is 1. The van der Waals surface area contributed by atoms with Gasteiger partial charge in [0.15, 0.2) is 0 Å². The van der Waals surface area contributed by atoms with Gasteiger partial charge in [0.1, 0.15) is 5.75 Å². The van der Waals surface area contributed by atoms with E-state index in [1.807, 2.05) is 38.2 Å². The van der Waals surface area contributed by atoms with Crippen LogP contribution in [0.1, 0.15) is 21.5 Å². The van der Waals surface area contributed by atoms with Gasteiger partial charge in [-0.1, -0.05) is 30.0 Å². The number of aryl methyl sites for hydroxylation is 1. The Labute approximate surface area is 197 Å². The minimum atomic E-state index is -0.537. The Morgan fingerprint density at radius 2 is 1.91 bits per heavy atom. The average Bonchev–Trinajstić information content (AvgIpc) is 2.80. The molecule has 6 nitrogen and oxygen atoms in total. The topological polar surface area (TPSA) is 89.3 Å². The summed E-state index contributed by atoms with van der Waals surface area (Å²) in [5.41, 5.74) is 10.5. The fourth-order valence-corrected chi connectivity index (χ4v) is 4.77. The highest BCUT2D eigenvalue weighted by atomic mass is 32.2. The van der Waals surface area contributed by atoms with Crippen LogP contribution in [0.2, 0.25) is 0 Å². The van der Waals surface area contributed by atoms with Crippen LogP contribution in [0, 0.1) is 6.92 Å². The molecule has 7 heteroatoms. The van der Waals surface area contributed by atoms with E-state index in [1.165, 1.54) is 11.8 Å². The van der Waals surface area contributed by atoms with E-state index in [1.54, 1.807) is 18.9 Å². The number of carbonyl (C=O) groups excluding carboxylic acids is 1. The van der Waals surface area contributed by atoms with E-state index in [9.17, 15) is 4.79 Å². The summed E-state index contributed by atoms with van der Waals surface area (Å²) in [7, 11) is 3.56. The fraction of sp³-hybridized carbons (Fsp3) is 0.154. The third kappa shape index (κ3) is 5.10. The lowest BCUT2D eigenvalue weighted by Gasteiger charge is -2.16. The Hall–Kier alpha value is -3.55. The zero-order valence-corrected chi connectivity index (χ0v) is 19.6. The number of anilines is 2. The Kier molecular flexibility index (Phi) is 6.82. The van der Waals surface area contributed by atoms with Crippen LogP contribution >= 0.6 is 11.8 Å². The second-order valence-electron chi connectivity index (χ2n) is 7.68. The quantitative estimate of drug-likeness (QED) is 0.334. The van der Waals surface area contributed by atoms with E-state index < -0.39 is 5.91 Å². The normalized spacial score (nSPS) is 10.9. The lowest BCUT2D eigenvalue weighted by atomic mass is 10.1. The number of amides is 1. The van der Waals surface area contributed by atoms with Gasteiger partial charge in [0.2, 0.25) is 0 Å². The fourth-order valence-electron chi connectivity index (χ4n) is 3.73. The van der Waals surface area contributed by atoms with Crippen LogP contribution in [0.25, 0.3) is 10.9 Å². The molecule has 1 amide bonds. The van der Waals surface area contributed by atoms with Gasteiger partial charge in [-0.05, 0) is 61.5 Å². The van der Waals surface area contributed by atoms with Crippen LogP contribution in [0.3, 0.4) is 0 Å². The molecular weight excluding hydrogens is 432 g/mol. The highest BCUT2D eigenvalue weighted by Crippen LogP contribution is 2.37. The number of benzene rings is 3. The van der Waals surface area contributed by atoms with Gasteiger partial charge >= 0.3 is 0 Å². The van der Waals surface area contributed by atoms with Gasteiger partial charge in [0.05, 0.1) is 23.9 Å². The smallest absolute Gasteiger partial charge is 0.252 e. The van der Waals surface area contributed by atoms with Gasteiger partial charge in [0.25, 0.3) is 5.91 Å². The molecule has 0 radical (unpaired) electrons. The molecule has 4 N–H and O–H groups in total. The molecule has 4 rings (SSSR count). The summed E-state index contributed by atoms with van der Waals surface area (Å²) in [5, 5.41) is 7.40. The van der Waals surface area contributed by atoms with Crippen molar-refractivity contribution in [3.8, 4) is 5.75 Å². The number of hydrogen-bond acceptors (Lipinski definition) is 6. The summed E-state index contributed by atoms with van der Waals surface area (Å²) in [4.78, 5) is 19.0. The summed E-state index contributed by atoms with van der Waals surface area (Å²) < 4.78 is 5.34. The zero-order valence-electron chi connectivity index (χ0n) is 18.8. The van der Waals surface area contributed by atoms with Crippen molar-refractivity contribution in [3.63, 3.8) is 0 Å². The molecule has 1 aromatic heterocycles. The molecule has 33 heavy (non-hydrogen) atoms. The summed E-state index contributed by atoms with van der Waals surface area (Å²) in [6.07, 6.45) is 1.54. The molecule has 0 aliphatic heterocycles. The van der Waals surface area contributed by atoms with Crippen LogP contribution in [-0.2, 0) is 6.54 Å². The number of rotatable bonds is 8. The molecule has 0 aliphatic carbocycles. The Bertz CT molecular complexity index is 1320. The lowest BCUT2D eigenvalue weighted by Crippen LogP contribution is -2.14. The second kappa shape index (κ2) is 9.94. The summed E-state index contributed by atoms with van der Waals surface area (Å²) in [6, 6.07) is 20.1. The van der Waals surface area contributed by atoms with E-state index >= 15 is 0 Å². The van der Waals surface area contributed by atoms with Gasteiger partial charge in [-0.3, -0.25) is 9.78 Å². The van der Waals surface area contributed by atoms with Crippen molar-refractivity contribution in [2.24, 2.45) is 5.73 Å². The second-order valence-corrected chi connectivity index (χ2v) is 8.83. The molecule has 0 unspecified atom stereocenters. The molecular formula is C26H26N4O2S. The first-order valence-electron chi connectivity index (χ1n) is 10.5. The number of aromatic nitrogens is 1. The number of nitrogens with zero attached hydrogens (tertiary/aromatic N) is 1. The number of nitrogens with two attached hydrogens (primary N) is 1. The Morgan fingerprint density at radius 1 is 1.09 bits per heavy atom. The Balaban J connectivity index is 1.81. The first-order chi connectivity index (χ1) is 16.0. The van der Waals surface area contributed by atoms with Crippen molar-refractivity contribution >= 4 is 39.9 Å². The van der Waals surface area contributed by atoms with Crippen molar-refractivity contribution in [1.82, 2.24) is 10.3 Å². The molecule has 0 saturated heterocycles. The van der Waals surface area contributed by atoms with Crippen LogP contribution < -0.4 is 21.1 Å². The maximum absolute atomic E-state index is 12.2. The van der Waals surface area contributed by atoms with Crippen molar-refractivity contribution in [1.29, 1.82) is 0 Å². The van der Waals surface area contributed by atoms with Gasteiger partial charge in [-0.15, -0.1) is 0 Å². The van der Waals surface area contributed by atoms with Crippen LogP contribution in [0.4, 0.5) is 11.4 Å². The molecule has 168 valence electrons. The van der Waals surface area contributed by atoms with Crippen molar-refractivity contribution in [3.05, 3.63) is 83.6 Å². The molecule has 0 atom stereocenters. The van der Waals surface area contributed by atoms with E-state index in [-0.39, 0.29) is 0 Å². The maximum Gasteiger partial charge on any atom is 0.252 e. The molecule has 1 heterocycles. The Morgan fingerprint density at radius 3 is 2.67 bits per heavy atom. The highest BCUT2D eigenvalue weighted by Gasteiger charge is 2.16. The highest BCUT2D eigenvalue weighted by molar-refractivity contribution is 7.99. The average molecular weight is 459 g/mol. The van der Waals surface area contributed by atoms with Gasteiger partial charge < -0.3 is 21.1 Å². The number of pyridine rings is 1. The van der Waals surface area contributed by atoms with Crippen molar-refractivity contribution in [2.75, 3.05) is 19.5 Å². The predicted octanol–water partition coefficient (Wildman–Crippen LogP) is 5.26. The molecule has 0 saturated carbocycles. The maximum atomic E-state index is 12.2. The minimum absolute atomic E-state index is 0.336.